The Morgan fingerprint density at radius 1 is 1.38 bits per heavy atom. The molecule has 1 aliphatic heterocycles. The van der Waals surface area contributed by atoms with Crippen molar-refractivity contribution in [1.82, 2.24) is 5.32 Å². The van der Waals surface area contributed by atoms with Crippen molar-refractivity contribution in [2.24, 2.45) is 0 Å². The summed E-state index contributed by atoms with van der Waals surface area (Å²) >= 11 is 0. The number of carbonyl (C=O) groups excluding carboxylic acids is 1. The van der Waals surface area contributed by atoms with Crippen LogP contribution >= 0.6 is 0 Å². The minimum atomic E-state index is -1.31. The Kier molecular flexibility index (Phi) is 2.59. The van der Waals surface area contributed by atoms with Gasteiger partial charge in [-0.25, -0.2) is 13.2 Å². The lowest BCUT2D eigenvalue weighted by atomic mass is 10.1. The molecule has 3 nitrogen and oxygen atoms in total. The molecule has 86 valence electrons. The Balaban J connectivity index is 2.57. The van der Waals surface area contributed by atoms with Gasteiger partial charge in [0.25, 0.3) is 0 Å². The maximum atomic E-state index is 13.4. The SMILES string of the molecule is CCNC1C(=O)Nc2c(F)c(F)cc(F)c21. The third-order valence-corrected chi connectivity index (χ3v) is 2.42. The van der Waals surface area contributed by atoms with Gasteiger partial charge in [0.2, 0.25) is 5.91 Å². The summed E-state index contributed by atoms with van der Waals surface area (Å²) in [6, 6.07) is -0.520. The molecule has 0 fully saturated rings. The first-order valence-corrected chi connectivity index (χ1v) is 4.78. The van der Waals surface area contributed by atoms with Gasteiger partial charge >= 0.3 is 0 Å². The zero-order valence-electron chi connectivity index (χ0n) is 8.40. The average Bonchev–Trinajstić information content (AvgIpc) is 2.54. The van der Waals surface area contributed by atoms with Crippen molar-refractivity contribution in [3.05, 3.63) is 29.1 Å². The summed E-state index contributed by atoms with van der Waals surface area (Å²) in [7, 11) is 0. The Morgan fingerprint density at radius 3 is 2.69 bits per heavy atom. The van der Waals surface area contributed by atoms with Gasteiger partial charge in [-0.05, 0) is 6.54 Å². The monoisotopic (exact) mass is 230 g/mol. The molecule has 0 aliphatic carbocycles. The first kappa shape index (κ1) is 10.9. The number of fused-ring (bicyclic) bond motifs is 1. The van der Waals surface area contributed by atoms with Gasteiger partial charge in [-0.1, -0.05) is 6.92 Å². The zero-order valence-corrected chi connectivity index (χ0v) is 8.40. The van der Waals surface area contributed by atoms with Gasteiger partial charge in [-0.3, -0.25) is 4.79 Å². The highest BCUT2D eigenvalue weighted by Crippen LogP contribution is 2.36. The number of benzene rings is 1. The standard InChI is InChI=1S/C10H9F3N2O/c1-2-14-9-6-4(11)3-5(12)7(13)8(6)15-10(9)16/h3,9,14H,2H2,1H3,(H,15,16). The molecule has 2 rings (SSSR count). The van der Waals surface area contributed by atoms with E-state index in [-0.39, 0.29) is 5.56 Å². The van der Waals surface area contributed by atoms with E-state index in [9.17, 15) is 18.0 Å². The van der Waals surface area contributed by atoms with Gasteiger partial charge in [0.1, 0.15) is 11.9 Å². The van der Waals surface area contributed by atoms with Crippen LogP contribution < -0.4 is 10.6 Å². The maximum Gasteiger partial charge on any atom is 0.246 e. The van der Waals surface area contributed by atoms with E-state index in [1.165, 1.54) is 0 Å². The van der Waals surface area contributed by atoms with Crippen molar-refractivity contribution >= 4 is 11.6 Å². The zero-order chi connectivity index (χ0) is 11.9. The van der Waals surface area contributed by atoms with Crippen molar-refractivity contribution in [2.45, 2.75) is 13.0 Å². The minimum absolute atomic E-state index is 0.161. The number of likely N-dealkylation sites (N-methyl/N-ethyl adjacent to an activating group) is 1. The lowest BCUT2D eigenvalue weighted by Crippen LogP contribution is -2.27. The molecular formula is C10H9F3N2O. The largest absolute Gasteiger partial charge is 0.321 e. The molecule has 16 heavy (non-hydrogen) atoms. The topological polar surface area (TPSA) is 41.1 Å². The van der Waals surface area contributed by atoms with Crippen LogP contribution in [0.2, 0.25) is 0 Å². The van der Waals surface area contributed by atoms with E-state index in [1.807, 2.05) is 0 Å². The molecule has 0 aromatic heterocycles. The van der Waals surface area contributed by atoms with Crippen LogP contribution in [0.25, 0.3) is 0 Å². The van der Waals surface area contributed by atoms with Crippen LogP contribution in [0.3, 0.4) is 0 Å². The first-order valence-electron chi connectivity index (χ1n) is 4.78. The lowest BCUT2D eigenvalue weighted by Gasteiger charge is -2.10. The van der Waals surface area contributed by atoms with E-state index < -0.39 is 35.1 Å². The summed E-state index contributed by atoms with van der Waals surface area (Å²) < 4.78 is 39.6. The summed E-state index contributed by atoms with van der Waals surface area (Å²) in [4.78, 5) is 11.4. The molecule has 2 N–H and O–H groups in total. The van der Waals surface area contributed by atoms with Gasteiger partial charge in [0.15, 0.2) is 11.6 Å². The normalized spacial score (nSPS) is 18.5. The van der Waals surface area contributed by atoms with E-state index in [2.05, 4.69) is 10.6 Å². The molecular weight excluding hydrogens is 221 g/mol. The molecule has 1 aliphatic rings. The van der Waals surface area contributed by atoms with Crippen molar-refractivity contribution in [2.75, 3.05) is 11.9 Å². The molecule has 1 atom stereocenters. The summed E-state index contributed by atoms with van der Waals surface area (Å²) in [5, 5.41) is 4.82. The van der Waals surface area contributed by atoms with E-state index >= 15 is 0 Å². The molecule has 0 saturated heterocycles. The smallest absolute Gasteiger partial charge is 0.246 e. The predicted molar refractivity (Wildman–Crippen MR) is 51.4 cm³/mol. The summed E-state index contributed by atoms with van der Waals surface area (Å²) in [5.74, 6) is -4.06. The van der Waals surface area contributed by atoms with E-state index in [0.29, 0.717) is 12.6 Å². The number of amides is 1. The predicted octanol–water partition coefficient (Wildman–Crippen LogP) is 1.71. The Labute approximate surface area is 89.6 Å². The molecule has 1 heterocycles. The van der Waals surface area contributed by atoms with E-state index in [1.54, 1.807) is 6.92 Å². The number of halogens is 3. The minimum Gasteiger partial charge on any atom is -0.321 e. The van der Waals surface area contributed by atoms with Crippen LogP contribution in [0.4, 0.5) is 18.9 Å². The number of anilines is 1. The van der Waals surface area contributed by atoms with Gasteiger partial charge in [-0.2, -0.15) is 0 Å². The summed E-state index contributed by atoms with van der Waals surface area (Å²) in [5.41, 5.74) is -0.570. The Bertz CT molecular complexity index is 462. The molecule has 6 heteroatoms. The molecule has 1 aromatic rings. The van der Waals surface area contributed by atoms with Gasteiger partial charge in [0.05, 0.1) is 5.69 Å². The number of hydrogen-bond donors (Lipinski definition) is 2. The van der Waals surface area contributed by atoms with Crippen molar-refractivity contribution in [1.29, 1.82) is 0 Å². The molecule has 0 saturated carbocycles. The third kappa shape index (κ3) is 1.46. The van der Waals surface area contributed by atoms with Gasteiger partial charge in [-0.15, -0.1) is 0 Å². The fraction of sp³-hybridized carbons (Fsp3) is 0.300. The fourth-order valence-electron chi connectivity index (χ4n) is 1.74. The van der Waals surface area contributed by atoms with Crippen molar-refractivity contribution < 1.29 is 18.0 Å². The van der Waals surface area contributed by atoms with E-state index in [0.717, 1.165) is 0 Å². The number of hydrogen-bond acceptors (Lipinski definition) is 2. The maximum absolute atomic E-state index is 13.4. The summed E-state index contributed by atoms with van der Waals surface area (Å²) in [6.07, 6.45) is 0. The highest BCUT2D eigenvalue weighted by molar-refractivity contribution is 6.02. The highest BCUT2D eigenvalue weighted by Gasteiger charge is 2.36. The Hall–Kier alpha value is -1.56. The van der Waals surface area contributed by atoms with Crippen LogP contribution in [0.5, 0.6) is 0 Å². The van der Waals surface area contributed by atoms with Crippen LogP contribution in [-0.4, -0.2) is 12.5 Å². The lowest BCUT2D eigenvalue weighted by molar-refractivity contribution is -0.117. The second kappa shape index (κ2) is 3.79. The molecule has 0 spiro atoms. The first-order chi connectivity index (χ1) is 7.56. The average molecular weight is 230 g/mol. The third-order valence-electron chi connectivity index (χ3n) is 2.42. The van der Waals surface area contributed by atoms with Gasteiger partial charge in [0, 0.05) is 11.6 Å². The quantitative estimate of drug-likeness (QED) is 0.759. The molecule has 0 radical (unpaired) electrons. The molecule has 1 aromatic carbocycles. The van der Waals surface area contributed by atoms with Crippen LogP contribution in [0, 0.1) is 17.5 Å². The van der Waals surface area contributed by atoms with E-state index in [4.69, 9.17) is 0 Å². The second-order valence-corrected chi connectivity index (χ2v) is 3.42. The van der Waals surface area contributed by atoms with Crippen LogP contribution in [0.1, 0.15) is 18.5 Å². The second-order valence-electron chi connectivity index (χ2n) is 3.42. The van der Waals surface area contributed by atoms with Crippen molar-refractivity contribution in [3.8, 4) is 0 Å². The molecule has 0 bridgehead atoms. The van der Waals surface area contributed by atoms with Crippen LogP contribution in [0.15, 0.2) is 6.07 Å². The summed E-state index contributed by atoms with van der Waals surface area (Å²) in [6.45, 7) is 2.14. The fourth-order valence-corrected chi connectivity index (χ4v) is 1.74. The Morgan fingerprint density at radius 2 is 2.06 bits per heavy atom. The highest BCUT2D eigenvalue weighted by atomic mass is 19.2. The molecule has 1 unspecified atom stereocenters. The number of nitrogens with one attached hydrogen (secondary N) is 2. The van der Waals surface area contributed by atoms with Crippen LogP contribution in [-0.2, 0) is 4.79 Å². The molecule has 1 amide bonds. The number of rotatable bonds is 2. The number of carbonyl (C=O) groups is 1. The van der Waals surface area contributed by atoms with Gasteiger partial charge < -0.3 is 10.6 Å². The van der Waals surface area contributed by atoms with Crippen molar-refractivity contribution in [3.63, 3.8) is 0 Å².